The van der Waals surface area contributed by atoms with Crippen molar-refractivity contribution < 1.29 is 17.9 Å². The van der Waals surface area contributed by atoms with E-state index in [1.54, 1.807) is 7.05 Å². The van der Waals surface area contributed by atoms with E-state index in [1.165, 1.54) is 6.07 Å². The van der Waals surface area contributed by atoms with Gasteiger partial charge in [0.25, 0.3) is 0 Å². The quantitative estimate of drug-likeness (QED) is 0.869. The summed E-state index contributed by atoms with van der Waals surface area (Å²) in [5.41, 5.74) is -0.456. The number of hydrogen-bond acceptors (Lipinski definition) is 3. The second-order valence-electron chi connectivity index (χ2n) is 3.64. The number of hydrogen-bond donors (Lipinski definition) is 1. The molecule has 1 aromatic rings. The Morgan fingerprint density at radius 3 is 2.62 bits per heavy atom. The molecular formula is C10H11F3N2O. The third kappa shape index (κ3) is 2.37. The Morgan fingerprint density at radius 1 is 1.44 bits per heavy atom. The first-order valence-electron chi connectivity index (χ1n) is 4.92. The molecule has 1 aromatic heterocycles. The highest BCUT2D eigenvalue weighted by Crippen LogP contribution is 2.38. The predicted octanol–water partition coefficient (Wildman–Crippen LogP) is 2.68. The number of nitrogens with zero attached hydrogens (tertiary/aromatic N) is 1. The monoisotopic (exact) mass is 232 g/mol. The van der Waals surface area contributed by atoms with Crippen molar-refractivity contribution >= 4 is 5.69 Å². The van der Waals surface area contributed by atoms with Crippen LogP contribution in [-0.4, -0.2) is 18.1 Å². The summed E-state index contributed by atoms with van der Waals surface area (Å²) in [5.74, 6) is -0.193. The Bertz CT molecular complexity index is 388. The van der Waals surface area contributed by atoms with E-state index in [4.69, 9.17) is 4.74 Å². The molecule has 1 aliphatic carbocycles. The first kappa shape index (κ1) is 11.0. The van der Waals surface area contributed by atoms with Gasteiger partial charge in [0, 0.05) is 13.1 Å². The summed E-state index contributed by atoms with van der Waals surface area (Å²) >= 11 is 0. The van der Waals surface area contributed by atoms with Crippen LogP contribution in [0.3, 0.4) is 0 Å². The highest BCUT2D eigenvalue weighted by atomic mass is 19.4. The Balaban J connectivity index is 2.33. The van der Waals surface area contributed by atoms with Crippen molar-refractivity contribution in [1.29, 1.82) is 0 Å². The van der Waals surface area contributed by atoms with Crippen molar-refractivity contribution in [1.82, 2.24) is 4.98 Å². The van der Waals surface area contributed by atoms with Crippen molar-refractivity contribution in [3.05, 3.63) is 18.0 Å². The van der Waals surface area contributed by atoms with Crippen LogP contribution >= 0.6 is 0 Å². The number of anilines is 1. The van der Waals surface area contributed by atoms with Gasteiger partial charge in [-0.1, -0.05) is 0 Å². The number of nitrogens with one attached hydrogen (secondary N) is 1. The molecule has 1 aliphatic rings. The maximum Gasteiger partial charge on any atom is 0.437 e. The lowest BCUT2D eigenvalue weighted by atomic mass is 10.3. The molecule has 1 saturated carbocycles. The zero-order valence-electron chi connectivity index (χ0n) is 8.64. The van der Waals surface area contributed by atoms with E-state index in [-0.39, 0.29) is 11.9 Å². The molecule has 1 N–H and O–H groups in total. The molecule has 0 spiro atoms. The molecule has 0 bridgehead atoms. The van der Waals surface area contributed by atoms with Crippen molar-refractivity contribution in [2.45, 2.75) is 25.1 Å². The van der Waals surface area contributed by atoms with Crippen LogP contribution in [0.5, 0.6) is 5.75 Å². The number of ether oxygens (including phenoxy) is 1. The standard InChI is InChI=1S/C10H11F3N2O/c1-14-6-4-8(16-7-2-3-7)9(15-5-6)10(11,12)13/h4-5,7,14H,2-3H2,1H3. The van der Waals surface area contributed by atoms with Gasteiger partial charge >= 0.3 is 6.18 Å². The van der Waals surface area contributed by atoms with Gasteiger partial charge in [-0.2, -0.15) is 13.2 Å². The molecule has 0 aliphatic heterocycles. The summed E-state index contributed by atoms with van der Waals surface area (Å²) < 4.78 is 43.0. The average molecular weight is 232 g/mol. The summed E-state index contributed by atoms with van der Waals surface area (Å²) in [4.78, 5) is 3.39. The number of pyridine rings is 1. The van der Waals surface area contributed by atoms with E-state index >= 15 is 0 Å². The van der Waals surface area contributed by atoms with E-state index in [0.717, 1.165) is 19.0 Å². The number of aromatic nitrogens is 1. The van der Waals surface area contributed by atoms with Crippen molar-refractivity contribution in [3.63, 3.8) is 0 Å². The molecule has 0 amide bonds. The minimum atomic E-state index is -4.48. The molecule has 0 unspecified atom stereocenters. The normalized spacial score (nSPS) is 16.0. The van der Waals surface area contributed by atoms with Crippen LogP contribution in [0.1, 0.15) is 18.5 Å². The third-order valence-electron chi connectivity index (χ3n) is 2.23. The molecule has 0 saturated heterocycles. The lowest BCUT2D eigenvalue weighted by molar-refractivity contribution is -0.142. The van der Waals surface area contributed by atoms with E-state index in [2.05, 4.69) is 10.3 Å². The van der Waals surface area contributed by atoms with Crippen LogP contribution in [0, 0.1) is 0 Å². The first-order chi connectivity index (χ1) is 7.50. The molecule has 16 heavy (non-hydrogen) atoms. The summed E-state index contributed by atoms with van der Waals surface area (Å²) in [5, 5.41) is 2.73. The van der Waals surface area contributed by atoms with Crippen LogP contribution in [0.4, 0.5) is 18.9 Å². The van der Waals surface area contributed by atoms with Gasteiger partial charge in [-0.25, -0.2) is 4.98 Å². The molecule has 1 fully saturated rings. The average Bonchev–Trinajstić information content (AvgIpc) is 3.00. The maximum absolute atomic E-state index is 12.6. The van der Waals surface area contributed by atoms with E-state index in [1.807, 2.05) is 0 Å². The van der Waals surface area contributed by atoms with Gasteiger partial charge in [0.1, 0.15) is 0 Å². The second-order valence-corrected chi connectivity index (χ2v) is 3.64. The summed E-state index contributed by atoms with van der Waals surface area (Å²) in [6.45, 7) is 0. The van der Waals surface area contributed by atoms with Crippen molar-refractivity contribution in [2.75, 3.05) is 12.4 Å². The SMILES string of the molecule is CNc1cnc(C(F)(F)F)c(OC2CC2)c1. The van der Waals surface area contributed by atoms with Crippen LogP contribution < -0.4 is 10.1 Å². The largest absolute Gasteiger partial charge is 0.488 e. The fraction of sp³-hybridized carbons (Fsp3) is 0.500. The fourth-order valence-electron chi connectivity index (χ4n) is 1.25. The number of alkyl halides is 3. The van der Waals surface area contributed by atoms with E-state index in [0.29, 0.717) is 5.69 Å². The zero-order chi connectivity index (χ0) is 11.8. The van der Waals surface area contributed by atoms with Crippen molar-refractivity contribution in [3.8, 4) is 5.75 Å². The summed E-state index contributed by atoms with van der Waals surface area (Å²) in [7, 11) is 1.62. The molecule has 3 nitrogen and oxygen atoms in total. The molecule has 2 rings (SSSR count). The van der Waals surface area contributed by atoms with Gasteiger partial charge in [0.15, 0.2) is 11.4 Å². The topological polar surface area (TPSA) is 34.2 Å². The molecule has 1 heterocycles. The maximum atomic E-state index is 12.6. The van der Waals surface area contributed by atoms with Crippen LogP contribution in [0.25, 0.3) is 0 Å². The minimum Gasteiger partial charge on any atom is -0.488 e. The predicted molar refractivity (Wildman–Crippen MR) is 52.4 cm³/mol. The summed E-state index contributed by atoms with van der Waals surface area (Å²) in [6.07, 6.45) is -1.81. The number of halogens is 3. The van der Waals surface area contributed by atoms with Gasteiger partial charge in [-0.3, -0.25) is 0 Å². The first-order valence-corrected chi connectivity index (χ1v) is 4.92. The van der Waals surface area contributed by atoms with Crippen LogP contribution in [0.15, 0.2) is 12.3 Å². The highest BCUT2D eigenvalue weighted by molar-refractivity contribution is 5.48. The summed E-state index contributed by atoms with van der Waals surface area (Å²) in [6, 6.07) is 1.33. The van der Waals surface area contributed by atoms with E-state index < -0.39 is 11.9 Å². The lowest BCUT2D eigenvalue weighted by Gasteiger charge is -2.13. The van der Waals surface area contributed by atoms with Crippen LogP contribution in [-0.2, 0) is 6.18 Å². The van der Waals surface area contributed by atoms with Gasteiger partial charge in [0.2, 0.25) is 0 Å². The Kier molecular flexibility index (Phi) is 2.65. The van der Waals surface area contributed by atoms with Gasteiger partial charge in [0.05, 0.1) is 18.0 Å². The molecule has 6 heteroatoms. The molecule has 0 atom stereocenters. The molecule has 0 radical (unpaired) electrons. The highest BCUT2D eigenvalue weighted by Gasteiger charge is 2.38. The fourth-order valence-corrected chi connectivity index (χ4v) is 1.25. The Hall–Kier alpha value is -1.46. The third-order valence-corrected chi connectivity index (χ3v) is 2.23. The smallest absolute Gasteiger partial charge is 0.437 e. The Labute approximate surface area is 90.6 Å². The lowest BCUT2D eigenvalue weighted by Crippen LogP contribution is -2.12. The van der Waals surface area contributed by atoms with Gasteiger partial charge in [-0.05, 0) is 12.8 Å². The van der Waals surface area contributed by atoms with E-state index in [9.17, 15) is 13.2 Å². The minimum absolute atomic E-state index is 0.0880. The second kappa shape index (κ2) is 3.84. The van der Waals surface area contributed by atoms with Crippen LogP contribution in [0.2, 0.25) is 0 Å². The van der Waals surface area contributed by atoms with Gasteiger partial charge < -0.3 is 10.1 Å². The number of rotatable bonds is 3. The zero-order valence-corrected chi connectivity index (χ0v) is 8.64. The van der Waals surface area contributed by atoms with Crippen molar-refractivity contribution in [2.24, 2.45) is 0 Å². The van der Waals surface area contributed by atoms with Gasteiger partial charge in [-0.15, -0.1) is 0 Å². The molecule has 0 aromatic carbocycles. The Morgan fingerprint density at radius 2 is 2.12 bits per heavy atom. The molecular weight excluding hydrogens is 221 g/mol. The molecule has 88 valence electrons.